The van der Waals surface area contributed by atoms with Crippen LogP contribution in [0.5, 0.6) is 0 Å². The summed E-state index contributed by atoms with van der Waals surface area (Å²) < 4.78 is 0.999. The lowest BCUT2D eigenvalue weighted by atomic mass is 9.94. The van der Waals surface area contributed by atoms with Gasteiger partial charge in [0.1, 0.15) is 5.69 Å². The molecule has 1 aliphatic rings. The van der Waals surface area contributed by atoms with E-state index in [9.17, 15) is 9.59 Å². The lowest BCUT2D eigenvalue weighted by Gasteiger charge is -2.17. The van der Waals surface area contributed by atoms with Gasteiger partial charge < -0.3 is 20.5 Å². The maximum Gasteiger partial charge on any atom is 0.267 e. The molecule has 2 amide bonds. The molecule has 3 N–H and O–H groups in total. The highest BCUT2D eigenvalue weighted by Crippen LogP contribution is 2.40. The van der Waals surface area contributed by atoms with Gasteiger partial charge >= 0.3 is 0 Å². The number of H-pyrrole nitrogens is 1. The molecule has 1 aromatic heterocycles. The summed E-state index contributed by atoms with van der Waals surface area (Å²) in [5.74, 6) is -0.300. The fourth-order valence-electron chi connectivity index (χ4n) is 4.21. The van der Waals surface area contributed by atoms with Crippen LogP contribution in [0, 0.1) is 6.92 Å². The number of amides is 2. The predicted octanol–water partition coefficient (Wildman–Crippen LogP) is 5.32. The molecule has 6 nitrogen and oxygen atoms in total. The maximum atomic E-state index is 12.9. The van der Waals surface area contributed by atoms with E-state index in [1.54, 1.807) is 0 Å². The monoisotopic (exact) mass is 520 g/mol. The molecule has 1 aliphatic heterocycles. The Hall–Kier alpha value is -3.16. The lowest BCUT2D eigenvalue weighted by molar-refractivity contribution is -0.110. The molecule has 2 heterocycles. The number of benzene rings is 2. The second-order valence-corrected chi connectivity index (χ2v) is 9.23. The number of anilines is 1. The van der Waals surface area contributed by atoms with E-state index < -0.39 is 0 Å². The Labute approximate surface area is 208 Å². The van der Waals surface area contributed by atoms with Gasteiger partial charge in [-0.1, -0.05) is 54.0 Å². The summed E-state index contributed by atoms with van der Waals surface area (Å²) in [6.45, 7) is 9.46. The fraction of sp³-hybridized carbons (Fsp3) is 0.259. The van der Waals surface area contributed by atoms with Crippen molar-refractivity contribution in [3.8, 4) is 11.1 Å². The van der Waals surface area contributed by atoms with Crippen molar-refractivity contribution in [3.05, 3.63) is 75.5 Å². The van der Waals surface area contributed by atoms with Crippen molar-refractivity contribution in [2.75, 3.05) is 31.5 Å². The summed E-state index contributed by atoms with van der Waals surface area (Å²) in [7, 11) is 0. The van der Waals surface area contributed by atoms with Gasteiger partial charge in [0.25, 0.3) is 11.8 Å². The number of likely N-dealkylation sites (N-methyl/N-ethyl adjacent to an activating group) is 1. The zero-order valence-corrected chi connectivity index (χ0v) is 21.3. The maximum absolute atomic E-state index is 12.9. The van der Waals surface area contributed by atoms with Gasteiger partial charge in [0.2, 0.25) is 0 Å². The number of carbonyl (C=O) groups is 2. The fourth-order valence-corrected chi connectivity index (χ4v) is 4.48. The minimum absolute atomic E-state index is 0.147. The number of aryl methyl sites for hydroxylation is 1. The van der Waals surface area contributed by atoms with Crippen LogP contribution < -0.4 is 10.6 Å². The van der Waals surface area contributed by atoms with Crippen molar-refractivity contribution in [1.29, 1.82) is 0 Å². The molecule has 7 heteroatoms. The lowest BCUT2D eigenvalue weighted by Crippen LogP contribution is -2.34. The highest BCUT2D eigenvalue weighted by atomic mass is 79.9. The second-order valence-electron chi connectivity index (χ2n) is 8.31. The van der Waals surface area contributed by atoms with Crippen LogP contribution in [0.4, 0.5) is 5.69 Å². The van der Waals surface area contributed by atoms with Crippen LogP contribution in [-0.2, 0) is 4.79 Å². The molecule has 0 saturated heterocycles. The minimum Gasteiger partial charge on any atom is -0.351 e. The normalized spacial score (nSPS) is 13.9. The van der Waals surface area contributed by atoms with Gasteiger partial charge in [-0.3, -0.25) is 9.59 Å². The third-order valence-corrected chi connectivity index (χ3v) is 6.71. The Morgan fingerprint density at radius 2 is 1.85 bits per heavy atom. The van der Waals surface area contributed by atoms with Crippen molar-refractivity contribution in [2.24, 2.45) is 0 Å². The number of aromatic nitrogens is 1. The Morgan fingerprint density at radius 1 is 1.12 bits per heavy atom. The number of carbonyl (C=O) groups excluding carboxylic acids is 2. The zero-order valence-electron chi connectivity index (χ0n) is 19.7. The average Bonchev–Trinajstić information content (AvgIpc) is 3.36. The van der Waals surface area contributed by atoms with Crippen LogP contribution in [0.25, 0.3) is 22.8 Å². The number of nitrogens with one attached hydrogen (secondary N) is 3. The summed E-state index contributed by atoms with van der Waals surface area (Å²) in [6, 6.07) is 15.7. The Kier molecular flexibility index (Phi) is 7.34. The topological polar surface area (TPSA) is 77.2 Å². The standard InChI is InChI=1S/C27H29BrN4O2/c1-4-32(5-2)14-13-29-27(34)24-15-17(3)23(30-24)16-21-25-20(18-9-11-19(28)12-10-18)7-6-8-22(25)31-26(21)33/h6-12,15-16,30H,4-5,13-14H2,1-3H3,(H,29,34)(H,31,33). The van der Waals surface area contributed by atoms with Crippen LogP contribution in [0.3, 0.4) is 0 Å². The van der Waals surface area contributed by atoms with Gasteiger partial charge in [-0.05, 0) is 67.0 Å². The Balaban J connectivity index is 1.62. The second kappa shape index (κ2) is 10.4. The highest BCUT2D eigenvalue weighted by molar-refractivity contribution is 9.10. The average molecular weight is 521 g/mol. The number of hydrogen-bond donors (Lipinski definition) is 3. The molecule has 0 radical (unpaired) electrons. The smallest absolute Gasteiger partial charge is 0.267 e. The molecule has 3 aromatic rings. The number of nitrogens with zero attached hydrogens (tertiary/aromatic N) is 1. The Morgan fingerprint density at radius 3 is 2.56 bits per heavy atom. The van der Waals surface area contributed by atoms with Gasteiger partial charge in [0, 0.05) is 34.5 Å². The summed E-state index contributed by atoms with van der Waals surface area (Å²) in [5, 5.41) is 5.95. The first kappa shape index (κ1) is 24.0. The summed E-state index contributed by atoms with van der Waals surface area (Å²) in [6.07, 6.45) is 1.84. The van der Waals surface area contributed by atoms with E-state index in [2.05, 4.69) is 50.3 Å². The van der Waals surface area contributed by atoms with Crippen LogP contribution >= 0.6 is 15.9 Å². The van der Waals surface area contributed by atoms with E-state index in [-0.39, 0.29) is 11.8 Å². The third kappa shape index (κ3) is 5.00. The molecule has 2 aromatic carbocycles. The number of aromatic amines is 1. The van der Waals surface area contributed by atoms with Gasteiger partial charge in [-0.15, -0.1) is 0 Å². The van der Waals surface area contributed by atoms with E-state index >= 15 is 0 Å². The molecule has 34 heavy (non-hydrogen) atoms. The van der Waals surface area contributed by atoms with Gasteiger partial charge in [-0.2, -0.15) is 0 Å². The van der Waals surface area contributed by atoms with E-state index in [0.29, 0.717) is 17.8 Å². The van der Waals surface area contributed by atoms with Gasteiger partial charge in [0.15, 0.2) is 0 Å². The highest BCUT2D eigenvalue weighted by Gasteiger charge is 2.27. The van der Waals surface area contributed by atoms with Crippen molar-refractivity contribution in [1.82, 2.24) is 15.2 Å². The summed E-state index contributed by atoms with van der Waals surface area (Å²) in [5.41, 5.74) is 6.38. The molecule has 0 unspecified atom stereocenters. The van der Waals surface area contributed by atoms with Crippen molar-refractivity contribution >= 4 is 45.1 Å². The molecule has 0 spiro atoms. The van der Waals surface area contributed by atoms with E-state index in [4.69, 9.17) is 0 Å². The molecule has 4 rings (SSSR count). The zero-order chi connectivity index (χ0) is 24.2. The van der Waals surface area contributed by atoms with Crippen molar-refractivity contribution < 1.29 is 9.59 Å². The van der Waals surface area contributed by atoms with Gasteiger partial charge in [-0.25, -0.2) is 0 Å². The van der Waals surface area contributed by atoms with E-state index in [1.165, 1.54) is 0 Å². The molecule has 176 valence electrons. The molecule has 0 atom stereocenters. The quantitative estimate of drug-likeness (QED) is 0.352. The first-order valence-electron chi connectivity index (χ1n) is 11.5. The molecule has 0 saturated carbocycles. The Bertz CT molecular complexity index is 1240. The third-order valence-electron chi connectivity index (χ3n) is 6.18. The first-order chi connectivity index (χ1) is 16.4. The van der Waals surface area contributed by atoms with Gasteiger partial charge in [0.05, 0.1) is 5.57 Å². The number of hydrogen-bond acceptors (Lipinski definition) is 3. The molecular weight excluding hydrogens is 492 g/mol. The predicted molar refractivity (Wildman–Crippen MR) is 142 cm³/mol. The first-order valence-corrected chi connectivity index (χ1v) is 12.3. The van der Waals surface area contributed by atoms with Crippen LogP contribution in [0.2, 0.25) is 0 Å². The number of fused-ring (bicyclic) bond motifs is 1. The number of halogens is 1. The minimum atomic E-state index is -0.154. The van der Waals surface area contributed by atoms with Crippen LogP contribution in [-0.4, -0.2) is 47.9 Å². The van der Waals surface area contributed by atoms with Crippen molar-refractivity contribution in [2.45, 2.75) is 20.8 Å². The van der Waals surface area contributed by atoms with Crippen molar-refractivity contribution in [3.63, 3.8) is 0 Å². The SMILES string of the molecule is CCN(CC)CCNC(=O)c1cc(C)c(C=C2C(=O)Nc3cccc(-c4ccc(Br)cc4)c32)[nH]1. The van der Waals surface area contributed by atoms with Crippen LogP contribution in [0.1, 0.15) is 41.2 Å². The molecule has 0 bridgehead atoms. The van der Waals surface area contributed by atoms with Crippen LogP contribution in [0.15, 0.2) is 53.0 Å². The van der Waals surface area contributed by atoms with E-state index in [1.807, 2.05) is 61.5 Å². The summed E-state index contributed by atoms with van der Waals surface area (Å²) in [4.78, 5) is 31.0. The van der Waals surface area contributed by atoms with E-state index in [0.717, 1.165) is 57.7 Å². The molecule has 0 fully saturated rings. The molecular formula is C27H29BrN4O2. The largest absolute Gasteiger partial charge is 0.351 e. The number of rotatable bonds is 8. The molecule has 0 aliphatic carbocycles. The summed E-state index contributed by atoms with van der Waals surface area (Å²) >= 11 is 3.48.